The summed E-state index contributed by atoms with van der Waals surface area (Å²) in [4.78, 5) is 44.4. The van der Waals surface area contributed by atoms with Crippen molar-refractivity contribution in [1.29, 1.82) is 0 Å². The summed E-state index contributed by atoms with van der Waals surface area (Å²) in [5.74, 6) is -0.329. The molecule has 11 nitrogen and oxygen atoms in total. The zero-order valence-electron chi connectivity index (χ0n) is 22.6. The van der Waals surface area contributed by atoms with E-state index in [9.17, 15) is 14.4 Å². The molecule has 0 bridgehead atoms. The first-order valence-electron chi connectivity index (χ1n) is 13.7. The van der Waals surface area contributed by atoms with Gasteiger partial charge in [-0.15, -0.1) is 10.2 Å². The summed E-state index contributed by atoms with van der Waals surface area (Å²) in [7, 11) is 3.51. The van der Waals surface area contributed by atoms with Crippen LogP contribution in [-0.2, 0) is 11.3 Å². The van der Waals surface area contributed by atoms with Crippen molar-refractivity contribution >= 4 is 40.6 Å². The standard InChI is InChI=1S/C29H32N8O3/c1-30-29(40)25-22(13-24(35-36-25)34-27(38)16-10-11-16)33-21-9-5-8-19-20-14-31-23(12-17(20)15-37(2)26(19)21)28(39)32-18-6-3-4-7-18/h5,8-9,12-14,16,18H,3-4,6-7,10-11,15H2,1-2H3,(H,30,40)(H,32,39)(H2,33,34,35,38). The monoisotopic (exact) mass is 540 g/mol. The molecule has 0 atom stereocenters. The van der Waals surface area contributed by atoms with Gasteiger partial charge in [0.15, 0.2) is 11.5 Å². The van der Waals surface area contributed by atoms with Gasteiger partial charge in [0.25, 0.3) is 11.8 Å². The third kappa shape index (κ3) is 5.06. The number of para-hydroxylation sites is 1. The van der Waals surface area contributed by atoms with Gasteiger partial charge in [0, 0.05) is 56.0 Å². The molecule has 1 aromatic carbocycles. The Morgan fingerprint density at radius 1 is 0.950 bits per heavy atom. The fourth-order valence-electron chi connectivity index (χ4n) is 5.48. The molecule has 6 rings (SSSR count). The van der Waals surface area contributed by atoms with Crippen LogP contribution in [0.3, 0.4) is 0 Å². The molecule has 2 saturated carbocycles. The maximum atomic E-state index is 12.9. The highest BCUT2D eigenvalue weighted by Crippen LogP contribution is 2.44. The van der Waals surface area contributed by atoms with E-state index in [1.165, 1.54) is 7.05 Å². The molecule has 1 aliphatic heterocycles. The smallest absolute Gasteiger partial charge is 0.273 e. The van der Waals surface area contributed by atoms with Crippen LogP contribution in [0.25, 0.3) is 11.1 Å². The molecule has 0 unspecified atom stereocenters. The summed E-state index contributed by atoms with van der Waals surface area (Å²) >= 11 is 0. The predicted molar refractivity (Wildman–Crippen MR) is 152 cm³/mol. The first-order chi connectivity index (χ1) is 19.4. The van der Waals surface area contributed by atoms with Gasteiger partial charge in [-0.25, -0.2) is 0 Å². The number of pyridine rings is 1. The van der Waals surface area contributed by atoms with E-state index in [2.05, 4.69) is 41.3 Å². The predicted octanol–water partition coefficient (Wildman–Crippen LogP) is 3.61. The Morgan fingerprint density at radius 2 is 1.75 bits per heavy atom. The number of nitrogens with one attached hydrogen (secondary N) is 4. The maximum absolute atomic E-state index is 12.9. The van der Waals surface area contributed by atoms with Crippen LogP contribution in [0, 0.1) is 5.92 Å². The number of nitrogens with zero attached hydrogens (tertiary/aromatic N) is 4. The van der Waals surface area contributed by atoms with E-state index in [0.29, 0.717) is 17.9 Å². The van der Waals surface area contributed by atoms with E-state index in [4.69, 9.17) is 0 Å². The minimum Gasteiger partial charge on any atom is -0.368 e. The Morgan fingerprint density at radius 3 is 2.50 bits per heavy atom. The molecule has 3 aliphatic rings. The van der Waals surface area contributed by atoms with E-state index in [0.717, 1.165) is 66.6 Å². The van der Waals surface area contributed by atoms with Crippen molar-refractivity contribution in [1.82, 2.24) is 25.8 Å². The SMILES string of the molecule is CNC(=O)c1nnc(NC(=O)C2CC2)cc1Nc1cccc2c1N(C)Cc1cc(C(=O)NC3CCCC3)ncc1-2. The van der Waals surface area contributed by atoms with Crippen molar-refractivity contribution < 1.29 is 14.4 Å². The van der Waals surface area contributed by atoms with Crippen LogP contribution in [0.15, 0.2) is 36.5 Å². The number of fused-ring (bicyclic) bond motifs is 3. The molecule has 206 valence electrons. The molecule has 3 amide bonds. The Labute approximate surface area is 232 Å². The van der Waals surface area contributed by atoms with Gasteiger partial charge in [-0.1, -0.05) is 25.0 Å². The number of anilines is 4. The molecule has 40 heavy (non-hydrogen) atoms. The zero-order valence-corrected chi connectivity index (χ0v) is 22.6. The van der Waals surface area contributed by atoms with E-state index < -0.39 is 5.91 Å². The Hall–Kier alpha value is -4.54. The number of hydrogen-bond donors (Lipinski definition) is 4. The van der Waals surface area contributed by atoms with Crippen LogP contribution in [0.2, 0.25) is 0 Å². The average Bonchev–Trinajstić information content (AvgIpc) is 3.69. The third-order valence-corrected chi connectivity index (χ3v) is 7.73. The first-order valence-corrected chi connectivity index (χ1v) is 13.7. The van der Waals surface area contributed by atoms with Crippen LogP contribution < -0.4 is 26.2 Å². The molecule has 2 aliphatic carbocycles. The number of carbonyl (C=O) groups excluding carboxylic acids is 3. The summed E-state index contributed by atoms with van der Waals surface area (Å²) in [6, 6.07) is 9.60. The molecule has 3 aromatic rings. The number of benzene rings is 1. The normalized spacial score (nSPS) is 16.1. The van der Waals surface area contributed by atoms with Gasteiger partial charge in [0.1, 0.15) is 5.69 Å². The van der Waals surface area contributed by atoms with Crippen LogP contribution >= 0.6 is 0 Å². The summed E-state index contributed by atoms with van der Waals surface area (Å²) in [5, 5.41) is 20.0. The number of aromatic nitrogens is 3. The van der Waals surface area contributed by atoms with E-state index in [1.54, 1.807) is 12.3 Å². The molecule has 0 radical (unpaired) electrons. The van der Waals surface area contributed by atoms with Crippen LogP contribution in [0.5, 0.6) is 0 Å². The second-order valence-corrected chi connectivity index (χ2v) is 10.7. The molecule has 4 N–H and O–H groups in total. The summed E-state index contributed by atoms with van der Waals surface area (Å²) in [6.45, 7) is 0.576. The third-order valence-electron chi connectivity index (χ3n) is 7.73. The van der Waals surface area contributed by atoms with Crippen molar-refractivity contribution in [3.05, 3.63) is 53.5 Å². The van der Waals surface area contributed by atoms with Gasteiger partial charge in [0.2, 0.25) is 5.91 Å². The van der Waals surface area contributed by atoms with E-state index in [1.807, 2.05) is 31.3 Å². The second kappa shape index (κ2) is 10.6. The number of hydrogen-bond acceptors (Lipinski definition) is 8. The highest BCUT2D eigenvalue weighted by atomic mass is 16.2. The lowest BCUT2D eigenvalue weighted by Gasteiger charge is -2.32. The average molecular weight is 541 g/mol. The lowest BCUT2D eigenvalue weighted by molar-refractivity contribution is -0.117. The number of carbonyl (C=O) groups is 3. The molecule has 0 spiro atoms. The molecular formula is C29H32N8O3. The quantitative estimate of drug-likeness (QED) is 0.356. The zero-order chi connectivity index (χ0) is 27.8. The van der Waals surface area contributed by atoms with Crippen LogP contribution in [-0.4, -0.2) is 53.0 Å². The Bertz CT molecular complexity index is 1500. The Balaban J connectivity index is 1.31. The van der Waals surface area contributed by atoms with Crippen LogP contribution in [0.1, 0.15) is 65.1 Å². The van der Waals surface area contributed by atoms with Crippen molar-refractivity contribution in [3.63, 3.8) is 0 Å². The first kappa shape index (κ1) is 25.7. The highest BCUT2D eigenvalue weighted by Gasteiger charge is 2.30. The van der Waals surface area contributed by atoms with Crippen molar-refractivity contribution in [2.24, 2.45) is 5.92 Å². The molecule has 0 saturated heterocycles. The van der Waals surface area contributed by atoms with Crippen molar-refractivity contribution in [2.75, 3.05) is 29.6 Å². The summed E-state index contributed by atoms with van der Waals surface area (Å²) in [6.07, 6.45) is 7.84. The maximum Gasteiger partial charge on any atom is 0.273 e. The largest absolute Gasteiger partial charge is 0.368 e. The molecule has 3 heterocycles. The number of rotatable bonds is 7. The molecule has 2 aromatic heterocycles. The van der Waals surface area contributed by atoms with Gasteiger partial charge in [-0.2, -0.15) is 0 Å². The van der Waals surface area contributed by atoms with Gasteiger partial charge >= 0.3 is 0 Å². The summed E-state index contributed by atoms with van der Waals surface area (Å²) < 4.78 is 0. The van der Waals surface area contributed by atoms with E-state index in [-0.39, 0.29) is 35.3 Å². The number of amides is 3. The van der Waals surface area contributed by atoms with Gasteiger partial charge in [-0.05, 0) is 43.4 Å². The van der Waals surface area contributed by atoms with Gasteiger partial charge in [0.05, 0.1) is 17.1 Å². The van der Waals surface area contributed by atoms with Crippen LogP contribution in [0.4, 0.5) is 22.9 Å². The molecule has 11 heteroatoms. The van der Waals surface area contributed by atoms with E-state index >= 15 is 0 Å². The minimum atomic E-state index is -0.397. The highest BCUT2D eigenvalue weighted by molar-refractivity contribution is 6.01. The van der Waals surface area contributed by atoms with Gasteiger partial charge < -0.3 is 26.2 Å². The second-order valence-electron chi connectivity index (χ2n) is 10.7. The fraction of sp³-hybridized carbons (Fsp3) is 0.379. The lowest BCUT2D eigenvalue weighted by Crippen LogP contribution is -2.33. The Kier molecular flexibility index (Phi) is 6.79. The molecule has 2 fully saturated rings. The lowest BCUT2D eigenvalue weighted by atomic mass is 9.93. The van der Waals surface area contributed by atoms with Gasteiger partial charge in [-0.3, -0.25) is 19.4 Å². The van der Waals surface area contributed by atoms with Crippen molar-refractivity contribution in [3.8, 4) is 11.1 Å². The minimum absolute atomic E-state index is 0.00889. The van der Waals surface area contributed by atoms with Crippen molar-refractivity contribution in [2.45, 2.75) is 51.1 Å². The topological polar surface area (TPSA) is 141 Å². The molecular weight excluding hydrogens is 508 g/mol. The summed E-state index contributed by atoms with van der Waals surface area (Å²) in [5.41, 5.74) is 5.55. The fourth-order valence-corrected chi connectivity index (χ4v) is 5.48.